The highest BCUT2D eigenvalue weighted by atomic mass is 31.2. The molecule has 0 heterocycles. The minimum Gasteiger partial charge on any atom is -0.331 e. The summed E-state index contributed by atoms with van der Waals surface area (Å²) in [6.45, 7) is 7.54. The number of rotatable bonds is 6. The summed E-state index contributed by atoms with van der Waals surface area (Å²) in [6.07, 6.45) is 1.07. The van der Waals surface area contributed by atoms with Gasteiger partial charge in [-0.3, -0.25) is 0 Å². The Labute approximate surface area is 93.5 Å². The predicted octanol–water partition coefficient (Wildman–Crippen LogP) is 3.26. The molecule has 0 unspecified atom stereocenters. The van der Waals surface area contributed by atoms with Crippen LogP contribution in [-0.4, -0.2) is 13.2 Å². The van der Waals surface area contributed by atoms with Crippen LogP contribution < -0.4 is 5.30 Å². The monoisotopic (exact) mass is 226 g/mol. The molecule has 84 valence electrons. The fourth-order valence-corrected chi connectivity index (χ4v) is 2.51. The van der Waals surface area contributed by atoms with Gasteiger partial charge in [0.05, 0.1) is 13.2 Å². The largest absolute Gasteiger partial charge is 0.331 e. The zero-order valence-electron chi connectivity index (χ0n) is 9.69. The molecule has 1 rings (SSSR count). The van der Waals surface area contributed by atoms with Gasteiger partial charge in [0.1, 0.15) is 0 Å². The molecule has 0 saturated heterocycles. The number of hydrogen-bond donors (Lipinski definition) is 0. The van der Waals surface area contributed by atoms with E-state index in [1.807, 2.05) is 13.8 Å². The van der Waals surface area contributed by atoms with E-state index >= 15 is 0 Å². The Kier molecular flexibility index (Phi) is 5.85. The zero-order chi connectivity index (χ0) is 11.1. The van der Waals surface area contributed by atoms with Crippen LogP contribution in [0, 0.1) is 0 Å². The highest BCUT2D eigenvalue weighted by Gasteiger charge is 2.11. The van der Waals surface area contributed by atoms with Crippen molar-refractivity contribution in [3.63, 3.8) is 0 Å². The summed E-state index contributed by atoms with van der Waals surface area (Å²) in [5.41, 5.74) is 1.35. The molecule has 0 aliphatic rings. The minimum absolute atomic E-state index is 0.696. The molecule has 0 N–H and O–H groups in total. The van der Waals surface area contributed by atoms with Gasteiger partial charge in [-0.05, 0) is 38.0 Å². The second-order valence-corrected chi connectivity index (χ2v) is 4.66. The third-order valence-corrected chi connectivity index (χ3v) is 3.75. The van der Waals surface area contributed by atoms with Crippen LogP contribution in [0.3, 0.4) is 0 Å². The van der Waals surface area contributed by atoms with E-state index in [9.17, 15) is 0 Å². The van der Waals surface area contributed by atoms with E-state index in [1.54, 1.807) is 0 Å². The first-order valence-corrected chi connectivity index (χ1v) is 6.64. The second-order valence-electron chi connectivity index (χ2n) is 3.11. The summed E-state index contributed by atoms with van der Waals surface area (Å²) < 4.78 is 11.2. The molecule has 0 saturated carbocycles. The molecule has 0 fully saturated rings. The van der Waals surface area contributed by atoms with Crippen LogP contribution in [0.2, 0.25) is 0 Å². The second kappa shape index (κ2) is 6.95. The summed E-state index contributed by atoms with van der Waals surface area (Å²) in [7, 11) is -0.873. The number of benzene rings is 1. The smallest absolute Gasteiger partial charge is 0.205 e. The van der Waals surface area contributed by atoms with E-state index in [0.717, 1.165) is 11.7 Å². The summed E-state index contributed by atoms with van der Waals surface area (Å²) in [6, 6.07) is 8.50. The lowest BCUT2D eigenvalue weighted by atomic mass is 10.2. The minimum atomic E-state index is -0.873. The van der Waals surface area contributed by atoms with Crippen LogP contribution in [0.4, 0.5) is 0 Å². The van der Waals surface area contributed by atoms with Crippen LogP contribution in [0.25, 0.3) is 0 Å². The van der Waals surface area contributed by atoms with E-state index in [-0.39, 0.29) is 0 Å². The van der Waals surface area contributed by atoms with Crippen molar-refractivity contribution >= 4 is 13.7 Å². The van der Waals surface area contributed by atoms with Crippen molar-refractivity contribution in [1.29, 1.82) is 0 Å². The quantitative estimate of drug-likeness (QED) is 0.693. The average Bonchev–Trinajstić information content (AvgIpc) is 2.29. The summed E-state index contributed by atoms with van der Waals surface area (Å²) in [5.74, 6) is 0. The summed E-state index contributed by atoms with van der Waals surface area (Å²) >= 11 is 0. The van der Waals surface area contributed by atoms with Crippen molar-refractivity contribution in [3.8, 4) is 0 Å². The molecule has 0 aromatic heterocycles. The lowest BCUT2D eigenvalue weighted by molar-refractivity contribution is 0.277. The molecule has 0 aliphatic heterocycles. The molecule has 2 nitrogen and oxygen atoms in total. The van der Waals surface area contributed by atoms with Crippen molar-refractivity contribution in [2.45, 2.75) is 27.2 Å². The van der Waals surface area contributed by atoms with Crippen molar-refractivity contribution < 1.29 is 9.05 Å². The molecular formula is C12H19O2P. The first kappa shape index (κ1) is 12.6. The Morgan fingerprint density at radius 2 is 1.47 bits per heavy atom. The van der Waals surface area contributed by atoms with Gasteiger partial charge in [0.25, 0.3) is 0 Å². The molecule has 0 amide bonds. The Morgan fingerprint density at radius 1 is 0.933 bits per heavy atom. The first-order valence-electron chi connectivity index (χ1n) is 5.46. The van der Waals surface area contributed by atoms with Crippen LogP contribution in [0.15, 0.2) is 24.3 Å². The van der Waals surface area contributed by atoms with Gasteiger partial charge >= 0.3 is 0 Å². The van der Waals surface area contributed by atoms with Gasteiger partial charge in [-0.25, -0.2) is 0 Å². The van der Waals surface area contributed by atoms with Crippen LogP contribution >= 0.6 is 8.38 Å². The highest BCUT2D eigenvalue weighted by molar-refractivity contribution is 7.55. The predicted molar refractivity (Wildman–Crippen MR) is 65.6 cm³/mol. The molecular weight excluding hydrogens is 207 g/mol. The van der Waals surface area contributed by atoms with Crippen LogP contribution in [-0.2, 0) is 15.5 Å². The van der Waals surface area contributed by atoms with Crippen molar-refractivity contribution in [3.05, 3.63) is 29.8 Å². The Balaban J connectivity index is 2.72. The number of aryl methyl sites for hydroxylation is 1. The van der Waals surface area contributed by atoms with Gasteiger partial charge in [-0.2, -0.15) is 0 Å². The van der Waals surface area contributed by atoms with Gasteiger partial charge in [0, 0.05) is 5.30 Å². The maximum atomic E-state index is 5.58. The molecule has 1 aromatic rings. The van der Waals surface area contributed by atoms with Gasteiger partial charge in [-0.1, -0.05) is 19.1 Å². The van der Waals surface area contributed by atoms with Crippen molar-refractivity contribution in [2.75, 3.05) is 13.2 Å². The topological polar surface area (TPSA) is 18.5 Å². The SMILES string of the molecule is CCOP(OCC)c1ccc(CC)cc1. The van der Waals surface area contributed by atoms with E-state index < -0.39 is 8.38 Å². The van der Waals surface area contributed by atoms with Gasteiger partial charge < -0.3 is 9.05 Å². The third kappa shape index (κ3) is 3.90. The molecule has 0 spiro atoms. The zero-order valence-corrected chi connectivity index (χ0v) is 10.6. The highest BCUT2D eigenvalue weighted by Crippen LogP contribution is 2.36. The third-order valence-electron chi connectivity index (χ3n) is 2.05. The fourth-order valence-electron chi connectivity index (χ4n) is 1.27. The average molecular weight is 226 g/mol. The first-order chi connectivity index (χ1) is 7.31. The van der Waals surface area contributed by atoms with Crippen LogP contribution in [0.1, 0.15) is 26.3 Å². The van der Waals surface area contributed by atoms with Gasteiger partial charge in [0.15, 0.2) is 0 Å². The molecule has 15 heavy (non-hydrogen) atoms. The lowest BCUT2D eigenvalue weighted by Gasteiger charge is -2.15. The Hall–Kier alpha value is -0.430. The van der Waals surface area contributed by atoms with Crippen LogP contribution in [0.5, 0.6) is 0 Å². The molecule has 1 aromatic carbocycles. The standard InChI is InChI=1S/C12H19O2P/c1-4-11-7-9-12(10-8-11)15(13-5-2)14-6-3/h7-10H,4-6H2,1-3H3. The fraction of sp³-hybridized carbons (Fsp3) is 0.500. The molecule has 0 aliphatic carbocycles. The normalized spacial score (nSPS) is 10.9. The van der Waals surface area contributed by atoms with E-state index in [1.165, 1.54) is 5.56 Å². The Morgan fingerprint density at radius 3 is 1.87 bits per heavy atom. The summed E-state index contributed by atoms with van der Waals surface area (Å²) in [5, 5.41) is 1.16. The maximum Gasteiger partial charge on any atom is 0.205 e. The van der Waals surface area contributed by atoms with E-state index in [2.05, 4.69) is 31.2 Å². The van der Waals surface area contributed by atoms with E-state index in [4.69, 9.17) is 9.05 Å². The van der Waals surface area contributed by atoms with Gasteiger partial charge in [-0.15, -0.1) is 0 Å². The molecule has 0 bridgehead atoms. The summed E-state index contributed by atoms with van der Waals surface area (Å²) in [4.78, 5) is 0. The van der Waals surface area contributed by atoms with Crippen molar-refractivity contribution in [2.24, 2.45) is 0 Å². The molecule has 0 radical (unpaired) electrons. The lowest BCUT2D eigenvalue weighted by Crippen LogP contribution is -2.06. The molecule has 3 heteroatoms. The number of hydrogen-bond acceptors (Lipinski definition) is 2. The maximum absolute atomic E-state index is 5.58. The molecule has 0 atom stereocenters. The van der Waals surface area contributed by atoms with E-state index in [0.29, 0.717) is 13.2 Å². The Bertz CT molecular complexity index is 265. The van der Waals surface area contributed by atoms with Crippen molar-refractivity contribution in [1.82, 2.24) is 0 Å². The van der Waals surface area contributed by atoms with Gasteiger partial charge in [0.2, 0.25) is 8.38 Å².